The molecular weight excluding hydrogens is 341 g/mol. The summed E-state index contributed by atoms with van der Waals surface area (Å²) in [5.41, 5.74) is 0.913. The zero-order valence-electron chi connectivity index (χ0n) is 14.7. The summed E-state index contributed by atoms with van der Waals surface area (Å²) < 4.78 is 19.3. The summed E-state index contributed by atoms with van der Waals surface area (Å²) in [6.07, 6.45) is 2.19. The zero-order valence-corrected chi connectivity index (χ0v) is 14.7. The molecule has 2 saturated heterocycles. The first-order valence-corrected chi connectivity index (χ1v) is 8.70. The number of carbonyl (C=O) groups excluding carboxylic acids is 3. The average molecular weight is 363 g/mol. The van der Waals surface area contributed by atoms with Crippen LogP contribution in [0.3, 0.4) is 0 Å². The van der Waals surface area contributed by atoms with Gasteiger partial charge in [-0.1, -0.05) is 0 Å². The molecule has 0 unspecified atom stereocenters. The summed E-state index contributed by atoms with van der Waals surface area (Å²) in [4.78, 5) is 37.8. The molecule has 0 aromatic heterocycles. The van der Waals surface area contributed by atoms with Crippen molar-refractivity contribution in [1.29, 1.82) is 0 Å². The highest BCUT2D eigenvalue weighted by molar-refractivity contribution is 6.05. The predicted molar refractivity (Wildman–Crippen MR) is 93.5 cm³/mol. The molecular formula is C18H22FN3O4. The molecule has 8 heteroatoms. The number of amides is 3. The number of nitrogens with zero attached hydrogens (tertiary/aromatic N) is 2. The van der Waals surface area contributed by atoms with Gasteiger partial charge in [-0.2, -0.15) is 0 Å². The van der Waals surface area contributed by atoms with Crippen molar-refractivity contribution < 1.29 is 23.5 Å². The van der Waals surface area contributed by atoms with Crippen molar-refractivity contribution in [3.05, 3.63) is 24.0 Å². The molecule has 2 aliphatic rings. The first-order chi connectivity index (χ1) is 12.5. The van der Waals surface area contributed by atoms with E-state index in [-0.39, 0.29) is 30.8 Å². The van der Waals surface area contributed by atoms with E-state index in [1.54, 1.807) is 12.1 Å². The fourth-order valence-electron chi connectivity index (χ4n) is 3.43. The van der Waals surface area contributed by atoms with Crippen LogP contribution in [0.2, 0.25) is 0 Å². The maximum atomic E-state index is 14.6. The lowest BCUT2D eigenvalue weighted by Crippen LogP contribution is -2.49. The zero-order chi connectivity index (χ0) is 18.7. The van der Waals surface area contributed by atoms with Crippen LogP contribution in [0.15, 0.2) is 18.2 Å². The van der Waals surface area contributed by atoms with Gasteiger partial charge in [0.25, 0.3) is 0 Å². The second kappa shape index (κ2) is 7.72. The van der Waals surface area contributed by atoms with E-state index >= 15 is 0 Å². The number of esters is 1. The van der Waals surface area contributed by atoms with E-state index in [0.717, 1.165) is 12.8 Å². The Morgan fingerprint density at radius 3 is 2.62 bits per heavy atom. The van der Waals surface area contributed by atoms with Gasteiger partial charge in [-0.05, 0) is 37.0 Å². The largest absolute Gasteiger partial charge is 0.469 e. The van der Waals surface area contributed by atoms with Crippen LogP contribution < -0.4 is 15.1 Å². The number of piperidine rings is 1. The molecule has 0 saturated carbocycles. The van der Waals surface area contributed by atoms with Crippen molar-refractivity contribution in [2.75, 3.05) is 36.5 Å². The van der Waals surface area contributed by atoms with Crippen molar-refractivity contribution in [3.63, 3.8) is 0 Å². The van der Waals surface area contributed by atoms with E-state index in [4.69, 9.17) is 4.74 Å². The van der Waals surface area contributed by atoms with E-state index in [1.807, 2.05) is 4.90 Å². The molecule has 140 valence electrons. The van der Waals surface area contributed by atoms with Crippen molar-refractivity contribution >= 4 is 29.3 Å². The summed E-state index contributed by atoms with van der Waals surface area (Å²) in [7, 11) is 1.38. The molecule has 7 nitrogen and oxygen atoms in total. The van der Waals surface area contributed by atoms with Crippen molar-refractivity contribution in [2.24, 2.45) is 5.92 Å². The molecule has 1 N–H and O–H groups in total. The van der Waals surface area contributed by atoms with Gasteiger partial charge in [0, 0.05) is 38.2 Å². The quantitative estimate of drug-likeness (QED) is 0.829. The third kappa shape index (κ3) is 3.95. The van der Waals surface area contributed by atoms with Gasteiger partial charge in [-0.3, -0.25) is 19.8 Å². The van der Waals surface area contributed by atoms with Gasteiger partial charge in [0.05, 0.1) is 12.8 Å². The van der Waals surface area contributed by atoms with Gasteiger partial charge in [0.2, 0.25) is 5.91 Å². The van der Waals surface area contributed by atoms with Crippen LogP contribution in [-0.4, -0.2) is 44.7 Å². The minimum atomic E-state index is -0.531. The lowest BCUT2D eigenvalue weighted by Gasteiger charge is -2.34. The average Bonchev–Trinajstić information content (AvgIpc) is 2.62. The molecule has 0 spiro atoms. The number of urea groups is 1. The molecule has 1 aromatic carbocycles. The van der Waals surface area contributed by atoms with Gasteiger partial charge >= 0.3 is 12.0 Å². The van der Waals surface area contributed by atoms with Gasteiger partial charge in [-0.15, -0.1) is 0 Å². The molecule has 2 fully saturated rings. The van der Waals surface area contributed by atoms with E-state index in [9.17, 15) is 18.8 Å². The third-order valence-corrected chi connectivity index (χ3v) is 4.94. The van der Waals surface area contributed by atoms with E-state index < -0.39 is 11.8 Å². The number of methoxy groups -OCH3 is 1. The lowest BCUT2D eigenvalue weighted by molar-refractivity contribution is -0.141. The highest BCUT2D eigenvalue weighted by Crippen LogP contribution is 2.30. The topological polar surface area (TPSA) is 79.0 Å². The second-order valence-electron chi connectivity index (χ2n) is 6.60. The summed E-state index contributed by atoms with van der Waals surface area (Å²) >= 11 is 0. The normalized spacial score (nSPS) is 18.7. The van der Waals surface area contributed by atoms with E-state index in [1.165, 1.54) is 18.1 Å². The Hall–Kier alpha value is -2.64. The molecule has 3 amide bonds. The van der Waals surface area contributed by atoms with Gasteiger partial charge in [0.1, 0.15) is 5.82 Å². The molecule has 2 heterocycles. The maximum absolute atomic E-state index is 14.6. The Kier molecular flexibility index (Phi) is 5.39. The van der Waals surface area contributed by atoms with Crippen LogP contribution in [0, 0.1) is 11.7 Å². The first-order valence-electron chi connectivity index (χ1n) is 8.70. The Morgan fingerprint density at radius 2 is 2.00 bits per heavy atom. The number of imide groups is 1. The summed E-state index contributed by atoms with van der Waals surface area (Å²) in [6, 6.07) is 4.14. The lowest BCUT2D eigenvalue weighted by atomic mass is 9.93. The number of anilines is 2. The SMILES string of the molecule is COC(=O)CC1CCN(c2ccc(N3CCC(=O)NC3=O)cc2F)CC1. The second-order valence-corrected chi connectivity index (χ2v) is 6.60. The fourth-order valence-corrected chi connectivity index (χ4v) is 3.43. The van der Waals surface area contributed by atoms with Crippen molar-refractivity contribution in [3.8, 4) is 0 Å². The number of ether oxygens (including phenoxy) is 1. The fraction of sp³-hybridized carbons (Fsp3) is 0.500. The number of nitrogens with one attached hydrogen (secondary N) is 1. The number of benzene rings is 1. The smallest absolute Gasteiger partial charge is 0.328 e. The molecule has 0 radical (unpaired) electrons. The van der Waals surface area contributed by atoms with Crippen LogP contribution >= 0.6 is 0 Å². The summed E-state index contributed by atoms with van der Waals surface area (Å²) in [6.45, 7) is 1.57. The Morgan fingerprint density at radius 1 is 1.27 bits per heavy atom. The van der Waals surface area contributed by atoms with Crippen molar-refractivity contribution in [1.82, 2.24) is 5.32 Å². The van der Waals surface area contributed by atoms with E-state index in [0.29, 0.717) is 30.9 Å². The minimum Gasteiger partial charge on any atom is -0.469 e. The van der Waals surface area contributed by atoms with Gasteiger partial charge in [0.15, 0.2) is 0 Å². The molecule has 3 rings (SSSR count). The van der Waals surface area contributed by atoms with E-state index in [2.05, 4.69) is 5.32 Å². The summed E-state index contributed by atoms with van der Waals surface area (Å²) in [5.74, 6) is -0.676. The van der Waals surface area contributed by atoms with Crippen LogP contribution in [-0.2, 0) is 14.3 Å². The number of rotatable bonds is 4. The molecule has 0 aliphatic carbocycles. The first kappa shape index (κ1) is 18.2. The number of halogens is 1. The van der Waals surface area contributed by atoms with Gasteiger partial charge < -0.3 is 9.64 Å². The molecule has 0 atom stereocenters. The van der Waals surface area contributed by atoms with Crippen LogP contribution in [0.5, 0.6) is 0 Å². The monoisotopic (exact) mass is 363 g/mol. The van der Waals surface area contributed by atoms with Crippen LogP contribution in [0.4, 0.5) is 20.6 Å². The molecule has 26 heavy (non-hydrogen) atoms. The Bertz CT molecular complexity index is 716. The molecule has 1 aromatic rings. The number of hydrogen-bond donors (Lipinski definition) is 1. The maximum Gasteiger partial charge on any atom is 0.328 e. The van der Waals surface area contributed by atoms with Crippen LogP contribution in [0.25, 0.3) is 0 Å². The minimum absolute atomic E-state index is 0.197. The highest BCUT2D eigenvalue weighted by Gasteiger charge is 2.27. The van der Waals surface area contributed by atoms with Gasteiger partial charge in [-0.25, -0.2) is 9.18 Å². The standard InChI is InChI=1S/C18H22FN3O4/c1-26-17(24)10-12-4-7-21(8-5-12)15-3-2-13(11-14(15)19)22-9-6-16(23)20-18(22)25/h2-3,11-12H,4-10H2,1H3,(H,20,23,25). The molecule has 0 bridgehead atoms. The number of carbonyl (C=O) groups is 3. The Balaban J connectivity index is 1.64. The number of hydrogen-bond acceptors (Lipinski definition) is 5. The Labute approximate surface area is 151 Å². The van der Waals surface area contributed by atoms with Crippen LogP contribution in [0.1, 0.15) is 25.7 Å². The molecule has 2 aliphatic heterocycles. The van der Waals surface area contributed by atoms with Crippen molar-refractivity contribution in [2.45, 2.75) is 25.7 Å². The highest BCUT2D eigenvalue weighted by atomic mass is 19.1. The third-order valence-electron chi connectivity index (χ3n) is 4.94. The summed E-state index contributed by atoms with van der Waals surface area (Å²) in [5, 5.41) is 2.23. The predicted octanol–water partition coefficient (Wildman–Crippen LogP) is 2.05.